The van der Waals surface area contributed by atoms with Crippen molar-refractivity contribution in [2.75, 3.05) is 0 Å². The van der Waals surface area contributed by atoms with Crippen molar-refractivity contribution >= 4 is 30.4 Å². The minimum absolute atomic E-state index is 0.667. The molecule has 0 nitrogen and oxygen atoms in total. The third-order valence-electron chi connectivity index (χ3n) is 6.33. The van der Waals surface area contributed by atoms with E-state index >= 15 is 0 Å². The molecule has 0 bridgehead atoms. The van der Waals surface area contributed by atoms with Crippen molar-refractivity contribution in [1.82, 2.24) is 0 Å². The molecule has 1 heterocycles. The normalized spacial score (nSPS) is 19.9. The van der Waals surface area contributed by atoms with Gasteiger partial charge < -0.3 is 0 Å². The Morgan fingerprint density at radius 1 is 0.815 bits per heavy atom. The Morgan fingerprint density at radius 3 is 1.85 bits per heavy atom. The van der Waals surface area contributed by atoms with Crippen molar-refractivity contribution in [3.8, 4) is 0 Å². The molecule has 1 unspecified atom stereocenters. The van der Waals surface area contributed by atoms with Gasteiger partial charge in [-0.3, -0.25) is 0 Å². The zero-order valence-corrected chi connectivity index (χ0v) is 20.0. The van der Waals surface area contributed by atoms with Crippen LogP contribution in [-0.4, -0.2) is 14.1 Å². The van der Waals surface area contributed by atoms with Crippen molar-refractivity contribution in [3.05, 3.63) is 51.8 Å². The average molecular weight is 401 g/mol. The number of halogens is 1. The Hall–Kier alpha value is -0.728. The molecule has 0 spiro atoms. The second-order valence-electron chi connectivity index (χ2n) is 7.95. The predicted molar refractivity (Wildman–Crippen MR) is 128 cm³/mol. The van der Waals surface area contributed by atoms with Gasteiger partial charge in [0.05, 0.1) is 0 Å². The Morgan fingerprint density at radius 2 is 1.37 bits per heavy atom. The minimum Gasteiger partial charge on any atom is -0.149 e. The van der Waals surface area contributed by atoms with E-state index in [1.54, 1.807) is 21.4 Å². The topological polar surface area (TPSA) is 0 Å². The van der Waals surface area contributed by atoms with Gasteiger partial charge in [-0.2, -0.15) is 0 Å². The number of rotatable bonds is 11. The maximum absolute atomic E-state index is 7.85. The number of hydrogen-bond donors (Lipinski definition) is 0. The Labute approximate surface area is 174 Å². The summed E-state index contributed by atoms with van der Waals surface area (Å²) in [6, 6.07) is 11.1. The Bertz CT molecular complexity index is 660. The number of hydrogen-bond acceptors (Lipinski definition) is 0. The van der Waals surface area contributed by atoms with Crippen LogP contribution in [0.3, 0.4) is 0 Å². The van der Waals surface area contributed by atoms with Gasteiger partial charge in [-0.05, 0) is 24.4 Å². The van der Waals surface area contributed by atoms with E-state index in [2.05, 4.69) is 65.0 Å². The lowest BCUT2D eigenvalue weighted by Gasteiger charge is -2.29. The van der Waals surface area contributed by atoms with Crippen LogP contribution in [0.2, 0.25) is 12.6 Å². The van der Waals surface area contributed by atoms with Gasteiger partial charge in [-0.15, -0.1) is 11.1 Å². The molecule has 1 aliphatic heterocycles. The van der Waals surface area contributed by atoms with E-state index in [9.17, 15) is 0 Å². The number of unbranched alkanes of at least 4 members (excludes halogenated alkanes) is 2. The third-order valence-corrected chi connectivity index (χ3v) is 12.2. The molecule has 148 valence electrons. The summed E-state index contributed by atoms with van der Waals surface area (Å²) in [4.78, 5) is 0. The van der Waals surface area contributed by atoms with Crippen LogP contribution in [0.4, 0.5) is 0 Å². The minimum atomic E-state index is -2.31. The molecule has 0 saturated carbocycles. The molecule has 1 aromatic rings. The first-order chi connectivity index (χ1) is 13.1. The molecule has 1 aliphatic rings. The molecule has 0 radical (unpaired) electrons. The van der Waals surface area contributed by atoms with Crippen LogP contribution in [-0.2, 0) is 0 Å². The molecule has 0 fully saturated rings. The number of allylic oxidation sites excluding steroid dienone is 4. The maximum atomic E-state index is 7.85. The molecule has 27 heavy (non-hydrogen) atoms. The maximum Gasteiger partial charge on any atom is 0.239 e. The largest absolute Gasteiger partial charge is 0.239 e. The van der Waals surface area contributed by atoms with Gasteiger partial charge in [0.2, 0.25) is 7.38 Å². The van der Waals surface area contributed by atoms with Crippen LogP contribution < -0.4 is 5.19 Å². The fourth-order valence-electron chi connectivity index (χ4n) is 4.87. The third kappa shape index (κ3) is 4.48. The highest BCUT2D eigenvalue weighted by atomic mass is 35.6. The van der Waals surface area contributed by atoms with Gasteiger partial charge in [0.25, 0.3) is 0 Å². The SMILES string of the molecule is CCCCC1=C(CC)C(B(CC)CC)=C(CCCC)[Si]1(Cl)c1ccccc1. The lowest BCUT2D eigenvalue weighted by molar-refractivity contribution is 0.797. The van der Waals surface area contributed by atoms with Crippen LogP contribution in [0.5, 0.6) is 0 Å². The van der Waals surface area contributed by atoms with Crippen LogP contribution in [0.25, 0.3) is 0 Å². The van der Waals surface area contributed by atoms with Crippen molar-refractivity contribution < 1.29 is 0 Å². The standard InChI is InChI=1S/C24H38BClSi/c1-6-11-18-22-21(8-3)24(25(9-4)10-5)23(19-12-7-2)27(22,26)20-16-14-13-15-17-20/h13-17H,6-12,18-19H2,1-5H3. The zero-order valence-electron chi connectivity index (χ0n) is 18.2. The molecular formula is C24H38BClSi. The summed E-state index contributed by atoms with van der Waals surface area (Å²) in [5, 5.41) is 4.72. The van der Waals surface area contributed by atoms with E-state index in [0.717, 1.165) is 6.42 Å². The second-order valence-corrected chi connectivity index (χ2v) is 12.8. The molecular weight excluding hydrogens is 363 g/mol. The van der Waals surface area contributed by atoms with E-state index in [4.69, 9.17) is 11.1 Å². The Kier molecular flexibility index (Phi) is 8.95. The first kappa shape index (κ1) is 22.6. The van der Waals surface area contributed by atoms with Gasteiger partial charge in [0.1, 0.15) is 0 Å². The molecule has 0 N–H and O–H groups in total. The predicted octanol–water partition coefficient (Wildman–Crippen LogP) is 7.63. The lowest BCUT2D eigenvalue weighted by Crippen LogP contribution is -2.46. The molecule has 3 heteroatoms. The molecule has 1 aromatic carbocycles. The summed E-state index contributed by atoms with van der Waals surface area (Å²) in [6.45, 7) is 12.3. The monoisotopic (exact) mass is 400 g/mol. The highest BCUT2D eigenvalue weighted by Crippen LogP contribution is 2.48. The highest BCUT2D eigenvalue weighted by molar-refractivity contribution is 7.35. The molecule has 0 amide bonds. The van der Waals surface area contributed by atoms with Crippen LogP contribution in [0.1, 0.15) is 79.6 Å². The fourth-order valence-corrected chi connectivity index (χ4v) is 10.7. The van der Waals surface area contributed by atoms with Crippen molar-refractivity contribution in [1.29, 1.82) is 0 Å². The van der Waals surface area contributed by atoms with E-state index in [0.29, 0.717) is 6.71 Å². The van der Waals surface area contributed by atoms with E-state index < -0.39 is 7.38 Å². The average Bonchev–Trinajstić information content (AvgIpc) is 2.95. The molecule has 2 rings (SSSR count). The molecule has 0 aromatic heterocycles. The van der Waals surface area contributed by atoms with E-state index in [1.807, 2.05) is 0 Å². The van der Waals surface area contributed by atoms with Crippen molar-refractivity contribution in [2.45, 2.75) is 92.2 Å². The van der Waals surface area contributed by atoms with E-state index in [1.165, 1.54) is 56.4 Å². The summed E-state index contributed by atoms with van der Waals surface area (Å²) in [7, 11) is -2.31. The molecule has 1 atom stereocenters. The van der Waals surface area contributed by atoms with E-state index in [-0.39, 0.29) is 0 Å². The first-order valence-electron chi connectivity index (χ1n) is 11.3. The van der Waals surface area contributed by atoms with Gasteiger partial charge in [0.15, 0.2) is 6.71 Å². The van der Waals surface area contributed by atoms with Crippen molar-refractivity contribution in [3.63, 3.8) is 0 Å². The summed E-state index contributed by atoms with van der Waals surface area (Å²) >= 11 is 7.85. The van der Waals surface area contributed by atoms with Gasteiger partial charge in [0, 0.05) is 0 Å². The molecule has 0 saturated heterocycles. The smallest absolute Gasteiger partial charge is 0.149 e. The van der Waals surface area contributed by atoms with Gasteiger partial charge in [-0.25, -0.2) is 0 Å². The quantitative estimate of drug-likeness (QED) is 0.264. The van der Waals surface area contributed by atoms with Crippen LogP contribution in [0.15, 0.2) is 51.8 Å². The van der Waals surface area contributed by atoms with Crippen molar-refractivity contribution in [2.24, 2.45) is 0 Å². The number of benzene rings is 1. The van der Waals surface area contributed by atoms with Gasteiger partial charge >= 0.3 is 0 Å². The lowest BCUT2D eigenvalue weighted by atomic mass is 9.39. The summed E-state index contributed by atoms with van der Waals surface area (Å²) in [5.41, 5.74) is 3.33. The van der Waals surface area contributed by atoms with Crippen LogP contribution in [0, 0.1) is 0 Å². The summed E-state index contributed by atoms with van der Waals surface area (Å²) in [6.07, 6.45) is 10.9. The van der Waals surface area contributed by atoms with Crippen LogP contribution >= 0.6 is 11.1 Å². The Balaban J connectivity index is 2.74. The first-order valence-corrected chi connectivity index (χ1v) is 14.3. The summed E-state index contributed by atoms with van der Waals surface area (Å²) in [5.74, 6) is 0. The molecule has 0 aliphatic carbocycles. The fraction of sp³-hybridized carbons (Fsp3) is 0.583. The summed E-state index contributed by atoms with van der Waals surface area (Å²) < 4.78 is 0. The van der Waals surface area contributed by atoms with Gasteiger partial charge in [-0.1, -0.05) is 125 Å². The second kappa shape index (κ2) is 10.7. The highest BCUT2D eigenvalue weighted by Gasteiger charge is 2.49. The zero-order chi connectivity index (χ0) is 19.9.